The number of anilines is 2. The SMILES string of the molecule is COc1ccccc1CNC(=O)c1cnc(Nc2c(C)cccc2C)cn1. The molecular weight excluding hydrogens is 340 g/mol. The maximum atomic E-state index is 12.3. The van der Waals surface area contributed by atoms with E-state index in [1.54, 1.807) is 13.3 Å². The second kappa shape index (κ2) is 8.31. The molecule has 1 heterocycles. The molecule has 0 radical (unpaired) electrons. The summed E-state index contributed by atoms with van der Waals surface area (Å²) in [6, 6.07) is 13.6. The lowest BCUT2D eigenvalue weighted by Gasteiger charge is -2.12. The molecule has 138 valence electrons. The van der Waals surface area contributed by atoms with Crippen molar-refractivity contribution in [1.82, 2.24) is 15.3 Å². The molecule has 0 bridgehead atoms. The zero-order valence-corrected chi connectivity index (χ0v) is 15.6. The molecule has 1 aromatic heterocycles. The predicted molar refractivity (Wildman–Crippen MR) is 105 cm³/mol. The number of hydrogen-bond donors (Lipinski definition) is 2. The summed E-state index contributed by atoms with van der Waals surface area (Å²) < 4.78 is 5.29. The fraction of sp³-hybridized carbons (Fsp3) is 0.190. The molecule has 0 unspecified atom stereocenters. The van der Waals surface area contributed by atoms with Gasteiger partial charge in [0.05, 0.1) is 19.5 Å². The van der Waals surface area contributed by atoms with Crippen molar-refractivity contribution in [3.63, 3.8) is 0 Å². The summed E-state index contributed by atoms with van der Waals surface area (Å²) in [4.78, 5) is 20.8. The van der Waals surface area contributed by atoms with E-state index in [0.717, 1.165) is 28.1 Å². The molecule has 3 rings (SSSR count). The Bertz CT molecular complexity index is 919. The summed E-state index contributed by atoms with van der Waals surface area (Å²) in [6.07, 6.45) is 3.03. The van der Waals surface area contributed by atoms with Crippen molar-refractivity contribution in [2.24, 2.45) is 0 Å². The Morgan fingerprint density at radius 1 is 1.00 bits per heavy atom. The van der Waals surface area contributed by atoms with E-state index in [-0.39, 0.29) is 11.6 Å². The molecule has 0 saturated carbocycles. The second-order valence-electron chi connectivity index (χ2n) is 6.17. The van der Waals surface area contributed by atoms with Crippen LogP contribution < -0.4 is 15.4 Å². The van der Waals surface area contributed by atoms with Gasteiger partial charge < -0.3 is 15.4 Å². The zero-order valence-electron chi connectivity index (χ0n) is 15.6. The van der Waals surface area contributed by atoms with E-state index in [1.807, 2.05) is 56.3 Å². The molecule has 0 aliphatic heterocycles. The summed E-state index contributed by atoms with van der Waals surface area (Å²) in [6.45, 7) is 4.41. The largest absolute Gasteiger partial charge is 0.496 e. The average Bonchev–Trinajstić information content (AvgIpc) is 2.69. The number of benzene rings is 2. The molecule has 27 heavy (non-hydrogen) atoms. The van der Waals surface area contributed by atoms with Crippen LogP contribution >= 0.6 is 0 Å². The molecule has 0 fully saturated rings. The molecule has 0 atom stereocenters. The van der Waals surface area contributed by atoms with E-state index in [0.29, 0.717) is 12.4 Å². The lowest BCUT2D eigenvalue weighted by Crippen LogP contribution is -2.24. The quantitative estimate of drug-likeness (QED) is 0.698. The van der Waals surface area contributed by atoms with Crippen LogP contribution in [0.4, 0.5) is 11.5 Å². The first-order valence-corrected chi connectivity index (χ1v) is 8.64. The number of nitrogens with zero attached hydrogens (tertiary/aromatic N) is 2. The first-order valence-electron chi connectivity index (χ1n) is 8.64. The molecule has 0 aliphatic rings. The van der Waals surface area contributed by atoms with Crippen LogP contribution in [0, 0.1) is 13.8 Å². The Morgan fingerprint density at radius 3 is 2.41 bits per heavy atom. The van der Waals surface area contributed by atoms with Gasteiger partial charge in [-0.3, -0.25) is 4.79 Å². The molecule has 1 amide bonds. The highest BCUT2D eigenvalue weighted by Crippen LogP contribution is 2.22. The van der Waals surface area contributed by atoms with Crippen molar-refractivity contribution in [3.05, 3.63) is 77.2 Å². The maximum absolute atomic E-state index is 12.3. The third kappa shape index (κ3) is 4.41. The van der Waals surface area contributed by atoms with Gasteiger partial charge in [0.2, 0.25) is 0 Å². The standard InChI is InChI=1S/C21H22N4O2/c1-14-7-6-8-15(2)20(14)25-19-13-22-17(12-23-19)21(26)24-11-16-9-4-5-10-18(16)27-3/h4-10,12-13H,11H2,1-3H3,(H,23,25)(H,24,26). The second-order valence-corrected chi connectivity index (χ2v) is 6.17. The van der Waals surface area contributed by atoms with Gasteiger partial charge in [-0.2, -0.15) is 0 Å². The lowest BCUT2D eigenvalue weighted by molar-refractivity contribution is 0.0945. The van der Waals surface area contributed by atoms with Gasteiger partial charge in [0.1, 0.15) is 17.3 Å². The highest BCUT2D eigenvalue weighted by molar-refractivity contribution is 5.92. The maximum Gasteiger partial charge on any atom is 0.271 e. The van der Waals surface area contributed by atoms with Crippen LogP contribution in [-0.2, 0) is 6.54 Å². The number of carbonyl (C=O) groups excluding carboxylic acids is 1. The minimum atomic E-state index is -0.285. The van der Waals surface area contributed by atoms with Crippen LogP contribution in [-0.4, -0.2) is 23.0 Å². The van der Waals surface area contributed by atoms with Gasteiger partial charge in [-0.05, 0) is 31.0 Å². The Morgan fingerprint density at radius 2 is 1.74 bits per heavy atom. The number of carbonyl (C=O) groups is 1. The number of para-hydroxylation sites is 2. The number of aryl methyl sites for hydroxylation is 2. The van der Waals surface area contributed by atoms with E-state index in [4.69, 9.17) is 4.74 Å². The lowest BCUT2D eigenvalue weighted by atomic mass is 10.1. The average molecular weight is 362 g/mol. The smallest absolute Gasteiger partial charge is 0.271 e. The number of hydrogen-bond acceptors (Lipinski definition) is 5. The van der Waals surface area contributed by atoms with Crippen molar-refractivity contribution in [2.75, 3.05) is 12.4 Å². The summed E-state index contributed by atoms with van der Waals surface area (Å²) in [5, 5.41) is 6.09. The fourth-order valence-electron chi connectivity index (χ4n) is 2.76. The van der Waals surface area contributed by atoms with Gasteiger partial charge >= 0.3 is 0 Å². The Labute approximate surface area is 158 Å². The molecule has 0 spiro atoms. The van der Waals surface area contributed by atoms with Crippen molar-refractivity contribution >= 4 is 17.4 Å². The van der Waals surface area contributed by atoms with Crippen LogP contribution in [0.1, 0.15) is 27.2 Å². The summed E-state index contributed by atoms with van der Waals surface area (Å²) in [5.74, 6) is 1.04. The molecule has 6 nitrogen and oxygen atoms in total. The van der Waals surface area contributed by atoms with Crippen LogP contribution in [0.5, 0.6) is 5.75 Å². The summed E-state index contributed by atoms with van der Waals surface area (Å²) in [5.41, 5.74) is 4.40. The normalized spacial score (nSPS) is 10.3. The zero-order chi connectivity index (χ0) is 19.2. The van der Waals surface area contributed by atoms with Crippen LogP contribution in [0.15, 0.2) is 54.9 Å². The highest BCUT2D eigenvalue weighted by atomic mass is 16.5. The third-order valence-electron chi connectivity index (χ3n) is 4.25. The first-order chi connectivity index (χ1) is 13.1. The van der Waals surface area contributed by atoms with Crippen molar-refractivity contribution in [3.8, 4) is 5.75 Å². The minimum Gasteiger partial charge on any atom is -0.496 e. The monoisotopic (exact) mass is 362 g/mol. The Kier molecular flexibility index (Phi) is 5.66. The number of methoxy groups -OCH3 is 1. The summed E-state index contributed by atoms with van der Waals surface area (Å²) >= 11 is 0. The van der Waals surface area contributed by atoms with Crippen LogP contribution in [0.25, 0.3) is 0 Å². The van der Waals surface area contributed by atoms with Crippen molar-refractivity contribution < 1.29 is 9.53 Å². The predicted octanol–water partition coefficient (Wildman–Crippen LogP) is 3.78. The molecule has 6 heteroatoms. The van der Waals surface area contributed by atoms with Gasteiger partial charge in [0, 0.05) is 17.8 Å². The van der Waals surface area contributed by atoms with Gasteiger partial charge in [-0.15, -0.1) is 0 Å². The molecule has 2 N–H and O–H groups in total. The molecule has 3 aromatic rings. The van der Waals surface area contributed by atoms with Crippen LogP contribution in [0.2, 0.25) is 0 Å². The molecular formula is C21H22N4O2. The Hall–Kier alpha value is -3.41. The number of amides is 1. The van der Waals surface area contributed by atoms with Gasteiger partial charge in [0.15, 0.2) is 0 Å². The topological polar surface area (TPSA) is 76.1 Å². The fourth-order valence-corrected chi connectivity index (χ4v) is 2.76. The van der Waals surface area contributed by atoms with Gasteiger partial charge in [0.25, 0.3) is 5.91 Å². The van der Waals surface area contributed by atoms with E-state index in [2.05, 4.69) is 20.6 Å². The number of aromatic nitrogens is 2. The van der Waals surface area contributed by atoms with Gasteiger partial charge in [-0.1, -0.05) is 36.4 Å². The minimum absolute atomic E-state index is 0.261. The van der Waals surface area contributed by atoms with E-state index < -0.39 is 0 Å². The van der Waals surface area contributed by atoms with E-state index in [9.17, 15) is 4.79 Å². The Balaban J connectivity index is 1.65. The number of nitrogens with one attached hydrogen (secondary N) is 2. The van der Waals surface area contributed by atoms with Gasteiger partial charge in [-0.25, -0.2) is 9.97 Å². The summed E-state index contributed by atoms with van der Waals surface area (Å²) in [7, 11) is 1.61. The number of rotatable bonds is 6. The van der Waals surface area contributed by atoms with Crippen LogP contribution in [0.3, 0.4) is 0 Å². The highest BCUT2D eigenvalue weighted by Gasteiger charge is 2.10. The molecule has 0 saturated heterocycles. The molecule has 0 aliphatic carbocycles. The number of ether oxygens (including phenoxy) is 1. The first kappa shape index (κ1) is 18.4. The van der Waals surface area contributed by atoms with E-state index in [1.165, 1.54) is 6.20 Å². The third-order valence-corrected chi connectivity index (χ3v) is 4.25. The van der Waals surface area contributed by atoms with E-state index >= 15 is 0 Å². The van der Waals surface area contributed by atoms with Crippen molar-refractivity contribution in [2.45, 2.75) is 20.4 Å². The van der Waals surface area contributed by atoms with Crippen molar-refractivity contribution in [1.29, 1.82) is 0 Å². The molecule has 2 aromatic carbocycles.